The van der Waals surface area contributed by atoms with Crippen molar-refractivity contribution < 1.29 is 8.42 Å². The Balaban J connectivity index is 1.96. The third-order valence-corrected chi connectivity index (χ3v) is 7.84. The fourth-order valence-corrected chi connectivity index (χ4v) is 6.42. The van der Waals surface area contributed by atoms with E-state index >= 15 is 0 Å². The van der Waals surface area contributed by atoms with E-state index in [1.807, 2.05) is 86.6 Å². The monoisotopic (exact) mass is 391 g/mol. The Morgan fingerprint density at radius 1 is 0.821 bits per heavy atom. The van der Waals surface area contributed by atoms with Gasteiger partial charge < -0.3 is 0 Å². The number of hydrogen-bond acceptors (Lipinski definition) is 2. The highest BCUT2D eigenvalue weighted by molar-refractivity contribution is 7.89. The van der Waals surface area contributed by atoms with Crippen LogP contribution in [-0.2, 0) is 15.6 Å². The zero-order valence-electron chi connectivity index (χ0n) is 16.2. The minimum absolute atomic E-state index is 0.0910. The summed E-state index contributed by atoms with van der Waals surface area (Å²) in [4.78, 5) is 0.350. The smallest absolute Gasteiger partial charge is 0.207 e. The van der Waals surface area contributed by atoms with Crippen LogP contribution >= 0.6 is 0 Å². The van der Waals surface area contributed by atoms with Gasteiger partial charge in [0.2, 0.25) is 10.0 Å². The van der Waals surface area contributed by atoms with Crippen LogP contribution in [0.25, 0.3) is 0 Å². The van der Waals surface area contributed by atoms with Gasteiger partial charge in [-0.15, -0.1) is 0 Å². The molecule has 0 aromatic heterocycles. The van der Waals surface area contributed by atoms with Crippen molar-refractivity contribution in [2.75, 3.05) is 0 Å². The molecule has 0 spiro atoms. The molecule has 0 aliphatic carbocycles. The second-order valence-electron chi connectivity index (χ2n) is 7.59. The van der Waals surface area contributed by atoms with E-state index < -0.39 is 15.6 Å². The number of benzene rings is 3. The molecule has 0 radical (unpaired) electrons. The quantitative estimate of drug-likeness (QED) is 0.620. The number of aryl methyl sites for hydroxylation is 1. The van der Waals surface area contributed by atoms with Crippen LogP contribution in [0, 0.1) is 6.92 Å². The Morgan fingerprint density at radius 2 is 1.32 bits per heavy atom. The summed E-state index contributed by atoms with van der Waals surface area (Å²) in [6.07, 6.45) is 1.57. The molecule has 1 aliphatic heterocycles. The average molecular weight is 392 g/mol. The van der Waals surface area contributed by atoms with Gasteiger partial charge in [-0.1, -0.05) is 78.4 Å². The first-order valence-corrected chi connectivity index (χ1v) is 11.1. The summed E-state index contributed by atoms with van der Waals surface area (Å²) in [5.41, 5.74) is 2.37. The van der Waals surface area contributed by atoms with Crippen LogP contribution in [0.15, 0.2) is 89.8 Å². The summed E-state index contributed by atoms with van der Waals surface area (Å²) in [6, 6.07) is 27.1. The average Bonchev–Trinajstić information content (AvgIpc) is 3.09. The number of nitrogens with zero attached hydrogens (tertiary/aromatic N) is 1. The van der Waals surface area contributed by atoms with Gasteiger partial charge in [-0.25, -0.2) is 8.42 Å². The van der Waals surface area contributed by atoms with E-state index in [9.17, 15) is 8.42 Å². The number of sulfonamides is 1. The topological polar surface area (TPSA) is 37.4 Å². The van der Waals surface area contributed by atoms with E-state index in [0.29, 0.717) is 4.90 Å². The molecule has 28 heavy (non-hydrogen) atoms. The molecule has 3 nitrogen and oxygen atoms in total. The fourth-order valence-electron chi connectivity index (χ4n) is 4.42. The SMILES string of the molecule is Cc1ccc(S(=O)(=O)N2C(C)CCC2(c2ccccc2)c2ccccc2)cc1. The van der Waals surface area contributed by atoms with Crippen LogP contribution in [0.1, 0.15) is 36.5 Å². The molecule has 1 unspecified atom stereocenters. The predicted octanol–water partition coefficient (Wildman–Crippen LogP) is 5.11. The van der Waals surface area contributed by atoms with Gasteiger partial charge in [0.25, 0.3) is 0 Å². The van der Waals surface area contributed by atoms with Crippen LogP contribution in [0.4, 0.5) is 0 Å². The maximum atomic E-state index is 13.8. The van der Waals surface area contributed by atoms with Crippen molar-refractivity contribution in [2.45, 2.75) is 43.2 Å². The zero-order valence-corrected chi connectivity index (χ0v) is 17.1. The largest absolute Gasteiger partial charge is 0.244 e. The van der Waals surface area contributed by atoms with Crippen LogP contribution in [0.5, 0.6) is 0 Å². The van der Waals surface area contributed by atoms with Crippen molar-refractivity contribution in [3.05, 3.63) is 102 Å². The van der Waals surface area contributed by atoms with Crippen molar-refractivity contribution in [1.82, 2.24) is 4.31 Å². The first-order valence-electron chi connectivity index (χ1n) is 9.68. The zero-order chi connectivity index (χ0) is 19.8. The Hall–Kier alpha value is -2.43. The molecule has 1 fully saturated rings. The van der Waals surface area contributed by atoms with Crippen molar-refractivity contribution in [2.24, 2.45) is 0 Å². The van der Waals surface area contributed by atoms with Crippen LogP contribution in [-0.4, -0.2) is 18.8 Å². The molecule has 144 valence electrons. The maximum absolute atomic E-state index is 13.8. The third-order valence-electron chi connectivity index (χ3n) is 5.78. The predicted molar refractivity (Wildman–Crippen MR) is 113 cm³/mol. The summed E-state index contributed by atoms with van der Waals surface area (Å²) >= 11 is 0. The molecule has 0 bridgehead atoms. The van der Waals surface area contributed by atoms with Gasteiger partial charge in [0.05, 0.1) is 10.4 Å². The molecule has 0 amide bonds. The van der Waals surface area contributed by atoms with Crippen molar-refractivity contribution in [3.8, 4) is 0 Å². The summed E-state index contributed by atoms with van der Waals surface area (Å²) < 4.78 is 29.4. The summed E-state index contributed by atoms with van der Waals surface area (Å²) in [7, 11) is -3.68. The second-order valence-corrected chi connectivity index (χ2v) is 9.41. The van der Waals surface area contributed by atoms with Gasteiger partial charge in [-0.05, 0) is 49.9 Å². The molecule has 0 N–H and O–H groups in total. The van der Waals surface area contributed by atoms with Crippen molar-refractivity contribution >= 4 is 10.0 Å². The summed E-state index contributed by atoms with van der Waals surface area (Å²) in [5, 5.41) is 0. The molecule has 3 aromatic carbocycles. The van der Waals surface area contributed by atoms with Crippen LogP contribution in [0.2, 0.25) is 0 Å². The Labute approximate surface area is 167 Å². The summed E-state index contributed by atoms with van der Waals surface area (Å²) in [5.74, 6) is 0. The van der Waals surface area contributed by atoms with E-state index in [1.54, 1.807) is 16.4 Å². The summed E-state index contributed by atoms with van der Waals surface area (Å²) in [6.45, 7) is 3.98. The highest BCUT2D eigenvalue weighted by Crippen LogP contribution is 2.49. The lowest BCUT2D eigenvalue weighted by atomic mass is 9.82. The molecule has 4 rings (SSSR count). The van der Waals surface area contributed by atoms with Gasteiger partial charge in [0.1, 0.15) is 0 Å². The maximum Gasteiger partial charge on any atom is 0.244 e. The van der Waals surface area contributed by atoms with Crippen molar-refractivity contribution in [1.29, 1.82) is 0 Å². The van der Waals surface area contributed by atoms with Crippen LogP contribution in [0.3, 0.4) is 0 Å². The molecular weight excluding hydrogens is 366 g/mol. The van der Waals surface area contributed by atoms with Gasteiger partial charge in [-0.2, -0.15) is 4.31 Å². The number of hydrogen-bond donors (Lipinski definition) is 0. The first kappa shape index (κ1) is 18.9. The van der Waals surface area contributed by atoms with E-state index in [2.05, 4.69) is 0 Å². The molecule has 4 heteroatoms. The van der Waals surface area contributed by atoms with Gasteiger partial charge in [-0.3, -0.25) is 0 Å². The normalized spacial score (nSPS) is 19.6. The lowest BCUT2D eigenvalue weighted by Gasteiger charge is -2.40. The van der Waals surface area contributed by atoms with Crippen molar-refractivity contribution in [3.63, 3.8) is 0 Å². The molecule has 0 saturated carbocycles. The Morgan fingerprint density at radius 3 is 1.82 bits per heavy atom. The van der Waals surface area contributed by atoms with E-state index in [1.165, 1.54) is 0 Å². The third kappa shape index (κ3) is 2.97. The molecule has 1 aliphatic rings. The van der Waals surface area contributed by atoms with Gasteiger partial charge in [0.15, 0.2) is 0 Å². The number of rotatable bonds is 4. The Bertz CT molecular complexity index is 1010. The molecule has 1 saturated heterocycles. The van der Waals surface area contributed by atoms with E-state index in [-0.39, 0.29) is 6.04 Å². The van der Waals surface area contributed by atoms with E-state index in [0.717, 1.165) is 29.5 Å². The minimum Gasteiger partial charge on any atom is -0.207 e. The highest BCUT2D eigenvalue weighted by Gasteiger charge is 2.53. The minimum atomic E-state index is -3.68. The molecule has 3 aromatic rings. The van der Waals surface area contributed by atoms with E-state index in [4.69, 9.17) is 0 Å². The van der Waals surface area contributed by atoms with Gasteiger partial charge >= 0.3 is 0 Å². The fraction of sp³-hybridized carbons (Fsp3) is 0.250. The highest BCUT2D eigenvalue weighted by atomic mass is 32.2. The lowest BCUT2D eigenvalue weighted by molar-refractivity contribution is 0.258. The second kappa shape index (κ2) is 7.19. The van der Waals surface area contributed by atoms with Gasteiger partial charge in [0, 0.05) is 6.04 Å². The Kier molecular flexibility index (Phi) is 4.86. The standard InChI is InChI=1S/C24H25NO2S/c1-19-13-15-23(16-14-19)28(26,27)25-20(2)17-18-24(25,21-9-5-3-6-10-21)22-11-7-4-8-12-22/h3-16,20H,17-18H2,1-2H3. The molecule has 1 heterocycles. The van der Waals surface area contributed by atoms with Crippen LogP contribution < -0.4 is 0 Å². The first-order chi connectivity index (χ1) is 13.5. The molecular formula is C24H25NO2S. The lowest BCUT2D eigenvalue weighted by Crippen LogP contribution is -2.48. The molecule has 1 atom stereocenters.